The summed E-state index contributed by atoms with van der Waals surface area (Å²) >= 11 is 0. The fraction of sp³-hybridized carbons (Fsp3) is 0.636. The van der Waals surface area contributed by atoms with Gasteiger partial charge in [0.15, 0.2) is 0 Å². The number of rotatable bonds is 3. The Labute approximate surface area is 71.0 Å². The molecule has 0 amide bonds. The quantitative estimate of drug-likeness (QED) is 0.534. The molecule has 0 nitrogen and oxygen atoms in total. The second-order valence-corrected chi connectivity index (χ2v) is 3.22. The van der Waals surface area contributed by atoms with Gasteiger partial charge in [-0.25, -0.2) is 0 Å². The van der Waals surface area contributed by atoms with Gasteiger partial charge in [-0.2, -0.15) is 0 Å². The van der Waals surface area contributed by atoms with Crippen molar-refractivity contribution in [2.45, 2.75) is 47.5 Å². The lowest BCUT2D eigenvalue weighted by molar-refractivity contribution is 0.955. The van der Waals surface area contributed by atoms with E-state index in [0.717, 1.165) is 0 Å². The summed E-state index contributed by atoms with van der Waals surface area (Å²) in [6, 6.07) is 0. The summed E-state index contributed by atoms with van der Waals surface area (Å²) in [6.45, 7) is 10.9. The summed E-state index contributed by atoms with van der Waals surface area (Å²) < 4.78 is 0. The molecule has 0 bridgehead atoms. The van der Waals surface area contributed by atoms with Crippen molar-refractivity contribution >= 4 is 0 Å². The average Bonchev–Trinajstić information content (AvgIpc) is 1.88. The van der Waals surface area contributed by atoms with E-state index in [2.05, 4.69) is 40.7 Å². The fourth-order valence-electron chi connectivity index (χ4n) is 1.34. The second kappa shape index (κ2) is 5.17. The van der Waals surface area contributed by atoms with Crippen molar-refractivity contribution in [3.8, 4) is 0 Å². The Bertz CT molecular complexity index is 160. The van der Waals surface area contributed by atoms with Crippen molar-refractivity contribution in [2.75, 3.05) is 0 Å². The maximum atomic E-state index is 2.27. The molecule has 0 rings (SSSR count). The van der Waals surface area contributed by atoms with Crippen LogP contribution in [0.25, 0.3) is 0 Å². The fourth-order valence-corrected chi connectivity index (χ4v) is 1.34. The maximum Gasteiger partial charge on any atom is -0.0343 e. The monoisotopic (exact) mass is 152 g/mol. The normalized spacial score (nSPS) is 9.18. The van der Waals surface area contributed by atoms with E-state index < -0.39 is 0 Å². The molecule has 0 aliphatic heterocycles. The van der Waals surface area contributed by atoms with Crippen LogP contribution in [0.15, 0.2) is 22.8 Å². The smallest absolute Gasteiger partial charge is 0.0343 e. The van der Waals surface area contributed by atoms with Crippen LogP contribution in [-0.4, -0.2) is 0 Å². The lowest BCUT2D eigenvalue weighted by Gasteiger charge is -2.03. The van der Waals surface area contributed by atoms with Crippen LogP contribution in [0, 0.1) is 0 Å². The number of hydrogen-bond donors (Lipinski definition) is 0. The summed E-state index contributed by atoms with van der Waals surface area (Å²) in [6.07, 6.45) is 4.64. The molecule has 0 heteroatoms. The zero-order chi connectivity index (χ0) is 8.85. The SMILES string of the molecule is CCC(CC)=C(C)C=C(C)C. The van der Waals surface area contributed by atoms with E-state index in [1.807, 2.05) is 0 Å². The van der Waals surface area contributed by atoms with Crippen LogP contribution in [-0.2, 0) is 0 Å². The molecule has 0 radical (unpaired) electrons. The van der Waals surface area contributed by atoms with Gasteiger partial charge in [0.25, 0.3) is 0 Å². The zero-order valence-corrected chi connectivity index (χ0v) is 8.49. The summed E-state index contributed by atoms with van der Waals surface area (Å²) in [5, 5.41) is 0. The molecule has 0 fully saturated rings. The molecule has 11 heavy (non-hydrogen) atoms. The van der Waals surface area contributed by atoms with Crippen LogP contribution < -0.4 is 0 Å². The predicted molar refractivity (Wildman–Crippen MR) is 52.7 cm³/mol. The van der Waals surface area contributed by atoms with Gasteiger partial charge < -0.3 is 0 Å². The molecule has 0 aliphatic rings. The van der Waals surface area contributed by atoms with Gasteiger partial charge in [0.05, 0.1) is 0 Å². The molecule has 0 saturated carbocycles. The molecular weight excluding hydrogens is 132 g/mol. The minimum Gasteiger partial charge on any atom is -0.0762 e. The van der Waals surface area contributed by atoms with E-state index in [0.29, 0.717) is 0 Å². The van der Waals surface area contributed by atoms with E-state index in [9.17, 15) is 0 Å². The lowest BCUT2D eigenvalue weighted by Crippen LogP contribution is -1.83. The molecular formula is C11H20. The standard InChI is InChI=1S/C11H20/c1-6-11(7-2)10(5)8-9(3)4/h8H,6-7H2,1-5H3. The Kier molecular flexibility index (Phi) is 4.93. The van der Waals surface area contributed by atoms with Crippen LogP contribution in [0.1, 0.15) is 47.5 Å². The second-order valence-electron chi connectivity index (χ2n) is 3.22. The number of allylic oxidation sites excluding steroid dienone is 4. The van der Waals surface area contributed by atoms with Crippen LogP contribution in [0.2, 0.25) is 0 Å². The molecule has 0 heterocycles. The van der Waals surface area contributed by atoms with Gasteiger partial charge >= 0.3 is 0 Å². The Morgan fingerprint density at radius 2 is 1.45 bits per heavy atom. The van der Waals surface area contributed by atoms with Crippen LogP contribution in [0.4, 0.5) is 0 Å². The molecule has 0 saturated heterocycles. The highest BCUT2D eigenvalue weighted by atomic mass is 14.0. The Hall–Kier alpha value is -0.520. The largest absolute Gasteiger partial charge is 0.0762 e. The van der Waals surface area contributed by atoms with E-state index in [4.69, 9.17) is 0 Å². The van der Waals surface area contributed by atoms with Crippen LogP contribution >= 0.6 is 0 Å². The highest BCUT2D eigenvalue weighted by molar-refractivity contribution is 5.25. The van der Waals surface area contributed by atoms with Gasteiger partial charge in [0.2, 0.25) is 0 Å². The molecule has 0 spiro atoms. The molecule has 0 N–H and O–H groups in total. The van der Waals surface area contributed by atoms with Crippen LogP contribution in [0.3, 0.4) is 0 Å². The van der Waals surface area contributed by atoms with Crippen molar-refractivity contribution < 1.29 is 0 Å². The zero-order valence-electron chi connectivity index (χ0n) is 8.49. The number of hydrogen-bond acceptors (Lipinski definition) is 0. The van der Waals surface area contributed by atoms with Crippen molar-refractivity contribution in [1.29, 1.82) is 0 Å². The minimum absolute atomic E-state index is 1.19. The van der Waals surface area contributed by atoms with Crippen molar-refractivity contribution in [2.24, 2.45) is 0 Å². The molecule has 0 aromatic rings. The van der Waals surface area contributed by atoms with E-state index in [-0.39, 0.29) is 0 Å². The Morgan fingerprint density at radius 3 is 1.73 bits per heavy atom. The minimum atomic E-state index is 1.19. The first-order valence-corrected chi connectivity index (χ1v) is 4.45. The molecule has 0 unspecified atom stereocenters. The molecule has 0 aromatic heterocycles. The van der Waals surface area contributed by atoms with Crippen molar-refractivity contribution in [1.82, 2.24) is 0 Å². The highest BCUT2D eigenvalue weighted by Gasteiger charge is 1.93. The molecule has 64 valence electrons. The molecule has 0 aliphatic carbocycles. The third-order valence-electron chi connectivity index (χ3n) is 1.92. The van der Waals surface area contributed by atoms with Crippen molar-refractivity contribution in [3.05, 3.63) is 22.8 Å². The lowest BCUT2D eigenvalue weighted by atomic mass is 10.0. The topological polar surface area (TPSA) is 0 Å². The van der Waals surface area contributed by atoms with Gasteiger partial charge in [-0.1, -0.05) is 36.6 Å². The van der Waals surface area contributed by atoms with Gasteiger partial charge in [-0.3, -0.25) is 0 Å². The highest BCUT2D eigenvalue weighted by Crippen LogP contribution is 2.14. The average molecular weight is 152 g/mol. The van der Waals surface area contributed by atoms with E-state index in [1.165, 1.54) is 24.0 Å². The summed E-state index contributed by atoms with van der Waals surface area (Å²) in [5.41, 5.74) is 4.42. The predicted octanol–water partition coefficient (Wildman–Crippen LogP) is 4.09. The molecule has 0 atom stereocenters. The first-order valence-electron chi connectivity index (χ1n) is 4.45. The first-order chi connectivity index (χ1) is 5.11. The van der Waals surface area contributed by atoms with Gasteiger partial charge in [0.1, 0.15) is 0 Å². The van der Waals surface area contributed by atoms with E-state index in [1.54, 1.807) is 5.57 Å². The third-order valence-corrected chi connectivity index (χ3v) is 1.92. The Morgan fingerprint density at radius 1 is 1.00 bits per heavy atom. The maximum absolute atomic E-state index is 2.27. The van der Waals surface area contributed by atoms with Crippen LogP contribution in [0.5, 0.6) is 0 Å². The summed E-state index contributed by atoms with van der Waals surface area (Å²) in [4.78, 5) is 0. The van der Waals surface area contributed by atoms with Crippen molar-refractivity contribution in [3.63, 3.8) is 0 Å². The van der Waals surface area contributed by atoms with Gasteiger partial charge in [-0.05, 0) is 33.6 Å². The summed E-state index contributed by atoms with van der Waals surface area (Å²) in [5.74, 6) is 0. The molecule has 0 aromatic carbocycles. The Balaban J connectivity index is 4.48. The van der Waals surface area contributed by atoms with E-state index >= 15 is 0 Å². The third kappa shape index (κ3) is 4.02. The first kappa shape index (κ1) is 10.5. The van der Waals surface area contributed by atoms with Gasteiger partial charge in [-0.15, -0.1) is 0 Å². The summed E-state index contributed by atoms with van der Waals surface area (Å²) in [7, 11) is 0. The van der Waals surface area contributed by atoms with Gasteiger partial charge in [0, 0.05) is 0 Å².